The Balaban J connectivity index is 0.00000312. The fraction of sp³-hybridized carbons (Fsp3) is 0.632. The van der Waals surface area contributed by atoms with E-state index in [0.29, 0.717) is 6.04 Å². The standard InChI is InChI=1S/C19H31FN4.HI/c1-5-24(15(2)3)12-11-22-18(21-4)23-14-19(9-10-19)16-7-6-8-17(20)13-16;/h6-8,13,15H,5,9-12,14H2,1-4H3,(H2,21,22,23);1H. The molecule has 4 nitrogen and oxygen atoms in total. The highest BCUT2D eigenvalue weighted by Crippen LogP contribution is 2.47. The zero-order valence-electron chi connectivity index (χ0n) is 15.8. The largest absolute Gasteiger partial charge is 0.356 e. The van der Waals surface area contributed by atoms with Crippen LogP contribution in [-0.2, 0) is 5.41 Å². The molecule has 1 aliphatic carbocycles. The van der Waals surface area contributed by atoms with Crippen LogP contribution in [-0.4, -0.2) is 50.1 Å². The Kier molecular flexibility index (Phi) is 9.13. The third-order valence-electron chi connectivity index (χ3n) is 4.94. The van der Waals surface area contributed by atoms with Crippen LogP contribution in [0.1, 0.15) is 39.2 Å². The van der Waals surface area contributed by atoms with Gasteiger partial charge >= 0.3 is 0 Å². The highest BCUT2D eigenvalue weighted by atomic mass is 127. The monoisotopic (exact) mass is 462 g/mol. The third-order valence-corrected chi connectivity index (χ3v) is 4.94. The van der Waals surface area contributed by atoms with Gasteiger partial charge in [-0.05, 0) is 50.9 Å². The molecule has 1 saturated carbocycles. The highest BCUT2D eigenvalue weighted by Gasteiger charge is 2.44. The van der Waals surface area contributed by atoms with Crippen molar-refractivity contribution >= 4 is 29.9 Å². The number of guanidine groups is 1. The second kappa shape index (κ2) is 10.3. The van der Waals surface area contributed by atoms with Crippen LogP contribution in [0.4, 0.5) is 4.39 Å². The van der Waals surface area contributed by atoms with Gasteiger partial charge in [0, 0.05) is 38.1 Å². The fourth-order valence-corrected chi connectivity index (χ4v) is 3.11. The van der Waals surface area contributed by atoms with Gasteiger partial charge in [0.1, 0.15) is 5.82 Å². The van der Waals surface area contributed by atoms with E-state index in [-0.39, 0.29) is 35.2 Å². The van der Waals surface area contributed by atoms with E-state index in [1.165, 1.54) is 6.07 Å². The van der Waals surface area contributed by atoms with Crippen molar-refractivity contribution in [2.24, 2.45) is 4.99 Å². The van der Waals surface area contributed by atoms with Gasteiger partial charge in [0.05, 0.1) is 0 Å². The number of likely N-dealkylation sites (N-methyl/N-ethyl adjacent to an activating group) is 1. The number of benzene rings is 1. The molecule has 6 heteroatoms. The molecule has 2 rings (SSSR count). The summed E-state index contributed by atoms with van der Waals surface area (Å²) in [7, 11) is 1.79. The molecule has 0 amide bonds. The lowest BCUT2D eigenvalue weighted by Crippen LogP contribution is -2.45. The Morgan fingerprint density at radius 3 is 2.56 bits per heavy atom. The van der Waals surface area contributed by atoms with Crippen LogP contribution in [0.3, 0.4) is 0 Å². The van der Waals surface area contributed by atoms with E-state index >= 15 is 0 Å². The Labute approximate surface area is 168 Å². The molecular formula is C19H32FIN4. The Bertz CT molecular complexity index is 558. The minimum atomic E-state index is -0.158. The molecule has 0 heterocycles. The molecule has 1 fully saturated rings. The van der Waals surface area contributed by atoms with Gasteiger partial charge in [-0.2, -0.15) is 0 Å². The van der Waals surface area contributed by atoms with E-state index in [1.807, 2.05) is 6.07 Å². The van der Waals surface area contributed by atoms with Gasteiger partial charge < -0.3 is 10.6 Å². The fourth-order valence-electron chi connectivity index (χ4n) is 3.11. The van der Waals surface area contributed by atoms with Crippen LogP contribution in [0.2, 0.25) is 0 Å². The summed E-state index contributed by atoms with van der Waals surface area (Å²) in [5, 5.41) is 6.78. The average molecular weight is 462 g/mol. The molecule has 0 saturated heterocycles. The quantitative estimate of drug-likeness (QED) is 0.354. The number of nitrogens with one attached hydrogen (secondary N) is 2. The van der Waals surface area contributed by atoms with Crippen molar-refractivity contribution < 1.29 is 4.39 Å². The summed E-state index contributed by atoms with van der Waals surface area (Å²) in [6, 6.07) is 7.53. The maximum atomic E-state index is 13.5. The molecule has 0 bridgehead atoms. The molecule has 1 aromatic carbocycles. The molecule has 0 aliphatic heterocycles. The average Bonchev–Trinajstić information content (AvgIpc) is 3.35. The van der Waals surface area contributed by atoms with Crippen molar-refractivity contribution in [1.82, 2.24) is 15.5 Å². The molecule has 142 valence electrons. The Morgan fingerprint density at radius 2 is 2.04 bits per heavy atom. The van der Waals surface area contributed by atoms with Gasteiger partial charge in [0.15, 0.2) is 5.96 Å². The molecule has 0 spiro atoms. The zero-order chi connectivity index (χ0) is 17.6. The molecule has 0 unspecified atom stereocenters. The molecular weight excluding hydrogens is 430 g/mol. The Morgan fingerprint density at radius 1 is 1.32 bits per heavy atom. The number of hydrogen-bond donors (Lipinski definition) is 2. The number of halogens is 2. The van der Waals surface area contributed by atoms with E-state index in [0.717, 1.165) is 50.5 Å². The van der Waals surface area contributed by atoms with Crippen LogP contribution in [0.5, 0.6) is 0 Å². The molecule has 1 aliphatic rings. The maximum absolute atomic E-state index is 13.5. The van der Waals surface area contributed by atoms with E-state index in [9.17, 15) is 4.39 Å². The molecule has 0 aromatic heterocycles. The van der Waals surface area contributed by atoms with Crippen molar-refractivity contribution in [3.63, 3.8) is 0 Å². The van der Waals surface area contributed by atoms with Gasteiger partial charge in [0.25, 0.3) is 0 Å². The first-order chi connectivity index (χ1) is 11.5. The minimum absolute atomic E-state index is 0. The third kappa shape index (κ3) is 6.40. The van der Waals surface area contributed by atoms with E-state index in [2.05, 4.69) is 41.3 Å². The van der Waals surface area contributed by atoms with Crippen LogP contribution < -0.4 is 10.6 Å². The molecule has 25 heavy (non-hydrogen) atoms. The summed E-state index contributed by atoms with van der Waals surface area (Å²) in [5.74, 6) is 0.659. The van der Waals surface area contributed by atoms with Crippen LogP contribution in [0.25, 0.3) is 0 Å². The molecule has 2 N–H and O–H groups in total. The summed E-state index contributed by atoms with van der Waals surface area (Å²) >= 11 is 0. The van der Waals surface area contributed by atoms with E-state index in [1.54, 1.807) is 19.2 Å². The normalized spacial score (nSPS) is 15.9. The van der Waals surface area contributed by atoms with Crippen molar-refractivity contribution in [2.45, 2.75) is 45.1 Å². The summed E-state index contributed by atoms with van der Waals surface area (Å²) in [6.45, 7) is 10.3. The highest BCUT2D eigenvalue weighted by molar-refractivity contribution is 14.0. The number of nitrogens with zero attached hydrogens (tertiary/aromatic N) is 2. The predicted molar refractivity (Wildman–Crippen MR) is 114 cm³/mol. The number of rotatable bonds is 8. The van der Waals surface area contributed by atoms with Crippen molar-refractivity contribution in [1.29, 1.82) is 0 Å². The van der Waals surface area contributed by atoms with Crippen LogP contribution >= 0.6 is 24.0 Å². The smallest absolute Gasteiger partial charge is 0.191 e. The maximum Gasteiger partial charge on any atom is 0.191 e. The summed E-state index contributed by atoms with van der Waals surface area (Å²) in [5.41, 5.74) is 1.15. The summed E-state index contributed by atoms with van der Waals surface area (Å²) < 4.78 is 13.5. The first-order valence-electron chi connectivity index (χ1n) is 8.95. The SMILES string of the molecule is CCN(CCNC(=NC)NCC1(c2cccc(F)c2)CC1)C(C)C.I. The Hall–Kier alpha value is -0.890. The van der Waals surface area contributed by atoms with E-state index in [4.69, 9.17) is 0 Å². The molecule has 0 radical (unpaired) electrons. The van der Waals surface area contributed by atoms with Crippen LogP contribution in [0.15, 0.2) is 29.3 Å². The first kappa shape index (κ1) is 22.2. The molecule has 1 aromatic rings. The van der Waals surface area contributed by atoms with Crippen molar-refractivity contribution in [3.05, 3.63) is 35.6 Å². The number of aliphatic imine (C=N–C) groups is 1. The topological polar surface area (TPSA) is 39.7 Å². The van der Waals surface area contributed by atoms with Gasteiger partial charge in [-0.3, -0.25) is 9.89 Å². The predicted octanol–water partition coefficient (Wildman–Crippen LogP) is 3.37. The van der Waals surface area contributed by atoms with Gasteiger partial charge in [-0.15, -0.1) is 24.0 Å². The van der Waals surface area contributed by atoms with Crippen molar-refractivity contribution in [3.8, 4) is 0 Å². The summed E-state index contributed by atoms with van der Waals surface area (Å²) in [6.07, 6.45) is 2.19. The first-order valence-corrected chi connectivity index (χ1v) is 8.95. The zero-order valence-corrected chi connectivity index (χ0v) is 18.1. The molecule has 0 atom stereocenters. The van der Waals surface area contributed by atoms with Crippen molar-refractivity contribution in [2.75, 3.05) is 33.2 Å². The van der Waals surface area contributed by atoms with Gasteiger partial charge in [-0.1, -0.05) is 19.1 Å². The van der Waals surface area contributed by atoms with Gasteiger partial charge in [-0.25, -0.2) is 4.39 Å². The van der Waals surface area contributed by atoms with Crippen LogP contribution in [0, 0.1) is 5.82 Å². The van der Waals surface area contributed by atoms with Gasteiger partial charge in [0.2, 0.25) is 0 Å². The lowest BCUT2D eigenvalue weighted by molar-refractivity contribution is 0.237. The second-order valence-electron chi connectivity index (χ2n) is 6.87. The summed E-state index contributed by atoms with van der Waals surface area (Å²) in [4.78, 5) is 6.71. The lowest BCUT2D eigenvalue weighted by Gasteiger charge is -2.25. The van der Waals surface area contributed by atoms with E-state index < -0.39 is 0 Å². The lowest BCUT2D eigenvalue weighted by atomic mass is 9.96. The second-order valence-corrected chi connectivity index (χ2v) is 6.87. The number of hydrogen-bond acceptors (Lipinski definition) is 2. The minimum Gasteiger partial charge on any atom is -0.356 e.